The molecule has 0 radical (unpaired) electrons. The number of aromatic nitrogens is 2. The van der Waals surface area contributed by atoms with Gasteiger partial charge in [0.1, 0.15) is 11.6 Å². The average Bonchev–Trinajstić information content (AvgIpc) is 3.30. The van der Waals surface area contributed by atoms with E-state index >= 15 is 0 Å². The number of halogens is 1. The number of amides is 2. The lowest BCUT2D eigenvalue weighted by Crippen LogP contribution is -2.57. The molecule has 2 heterocycles. The van der Waals surface area contributed by atoms with Gasteiger partial charge in [0.05, 0.1) is 30.9 Å². The lowest BCUT2D eigenvalue weighted by Gasteiger charge is -2.37. The monoisotopic (exact) mass is 473 g/mol. The van der Waals surface area contributed by atoms with E-state index in [0.29, 0.717) is 24.2 Å². The number of hydrogen-bond donors (Lipinski definition) is 1. The third kappa shape index (κ3) is 4.77. The minimum Gasteiger partial charge on any atom is -0.495 e. The molecule has 0 bridgehead atoms. The molecule has 1 aliphatic rings. The normalized spacial score (nSPS) is 17.9. The molecule has 1 atom stereocenters. The Balaban J connectivity index is 1.48. The highest BCUT2D eigenvalue weighted by atomic mass is 19.1. The van der Waals surface area contributed by atoms with E-state index in [1.54, 1.807) is 25.6 Å². The molecule has 1 aromatic heterocycles. The van der Waals surface area contributed by atoms with Gasteiger partial charge in [-0.2, -0.15) is 5.26 Å². The number of carbonyl (C=O) groups is 2. The highest BCUT2D eigenvalue weighted by Gasteiger charge is 2.46. The van der Waals surface area contributed by atoms with Crippen LogP contribution in [0.25, 0.3) is 11.8 Å². The van der Waals surface area contributed by atoms with Gasteiger partial charge in [-0.3, -0.25) is 20.0 Å². The van der Waals surface area contributed by atoms with Crippen LogP contribution in [-0.2, 0) is 15.0 Å². The van der Waals surface area contributed by atoms with Crippen LogP contribution in [-0.4, -0.2) is 40.0 Å². The molecular formula is C26H24FN5O3. The average molecular weight is 474 g/mol. The van der Waals surface area contributed by atoms with Crippen molar-refractivity contribution in [1.82, 2.24) is 20.0 Å². The van der Waals surface area contributed by atoms with Crippen LogP contribution < -0.4 is 10.2 Å². The third-order valence-electron chi connectivity index (χ3n) is 5.94. The van der Waals surface area contributed by atoms with Crippen molar-refractivity contribution in [1.29, 1.82) is 5.26 Å². The molecule has 1 fully saturated rings. The fourth-order valence-corrected chi connectivity index (χ4v) is 4.12. The van der Waals surface area contributed by atoms with Crippen molar-refractivity contribution < 1.29 is 18.7 Å². The van der Waals surface area contributed by atoms with E-state index in [4.69, 9.17) is 4.74 Å². The lowest BCUT2D eigenvalue weighted by atomic mass is 9.75. The summed E-state index contributed by atoms with van der Waals surface area (Å²) in [6.07, 6.45) is 7.28. The summed E-state index contributed by atoms with van der Waals surface area (Å²) in [5, 5.41) is 11.0. The molecule has 0 saturated carbocycles. The quantitative estimate of drug-likeness (QED) is 0.553. The Morgan fingerprint density at radius 1 is 1.29 bits per heavy atom. The summed E-state index contributed by atoms with van der Waals surface area (Å²) in [4.78, 5) is 30.0. The van der Waals surface area contributed by atoms with Crippen molar-refractivity contribution in [3.8, 4) is 17.5 Å². The molecular weight excluding hydrogens is 449 g/mol. The molecule has 1 aliphatic heterocycles. The van der Waals surface area contributed by atoms with Crippen LogP contribution in [0, 0.1) is 24.1 Å². The Labute approximate surface area is 202 Å². The molecule has 3 aromatic rings. The van der Waals surface area contributed by atoms with Gasteiger partial charge in [0, 0.05) is 18.8 Å². The molecule has 4 rings (SSSR count). The minimum absolute atomic E-state index is 0.274. The van der Waals surface area contributed by atoms with E-state index in [1.807, 2.05) is 29.8 Å². The van der Waals surface area contributed by atoms with Crippen LogP contribution in [0.15, 0.2) is 61.1 Å². The first-order chi connectivity index (χ1) is 16.9. The number of piperidine rings is 1. The van der Waals surface area contributed by atoms with Gasteiger partial charge in [-0.25, -0.2) is 9.37 Å². The summed E-state index contributed by atoms with van der Waals surface area (Å²) in [5.74, 6) is -0.903. The lowest BCUT2D eigenvalue weighted by molar-refractivity contribution is -0.146. The molecule has 1 unspecified atom stereocenters. The molecule has 2 amide bonds. The first kappa shape index (κ1) is 23.7. The second-order valence-corrected chi connectivity index (χ2v) is 8.25. The van der Waals surface area contributed by atoms with Gasteiger partial charge in [-0.05, 0) is 61.2 Å². The van der Waals surface area contributed by atoms with Crippen LogP contribution >= 0.6 is 0 Å². The van der Waals surface area contributed by atoms with E-state index < -0.39 is 23.0 Å². The number of rotatable bonds is 6. The maximum Gasteiger partial charge on any atom is 0.265 e. The fraction of sp³-hybridized carbons (Fsp3) is 0.231. The first-order valence-corrected chi connectivity index (χ1v) is 11.0. The molecule has 2 aromatic carbocycles. The van der Waals surface area contributed by atoms with Gasteiger partial charge in [0.2, 0.25) is 0 Å². The van der Waals surface area contributed by atoms with Crippen molar-refractivity contribution in [3.63, 3.8) is 0 Å². The number of carbonyl (C=O) groups excluding carboxylic acids is 2. The van der Waals surface area contributed by atoms with Crippen molar-refractivity contribution in [2.24, 2.45) is 0 Å². The smallest absolute Gasteiger partial charge is 0.265 e. The number of nitriles is 1. The largest absolute Gasteiger partial charge is 0.495 e. The maximum absolute atomic E-state index is 13.4. The number of nitrogens with zero attached hydrogens (tertiary/aromatic N) is 4. The van der Waals surface area contributed by atoms with Gasteiger partial charge < -0.3 is 9.30 Å². The molecule has 0 aliphatic carbocycles. The molecule has 178 valence electrons. The van der Waals surface area contributed by atoms with Gasteiger partial charge in [0.15, 0.2) is 5.41 Å². The predicted molar refractivity (Wildman–Crippen MR) is 127 cm³/mol. The van der Waals surface area contributed by atoms with Crippen LogP contribution in [0.3, 0.4) is 0 Å². The van der Waals surface area contributed by atoms with E-state index in [9.17, 15) is 19.2 Å². The highest BCUT2D eigenvalue weighted by molar-refractivity contribution is 5.96. The zero-order valence-corrected chi connectivity index (χ0v) is 19.4. The summed E-state index contributed by atoms with van der Waals surface area (Å²) < 4.78 is 20.7. The van der Waals surface area contributed by atoms with Gasteiger partial charge in [0.25, 0.3) is 11.8 Å². The topological polar surface area (TPSA) is 100 Å². The van der Waals surface area contributed by atoms with Crippen LogP contribution in [0.4, 0.5) is 4.39 Å². The standard InChI is InChI=1S/C26H24FN5O3/c1-18-15-31(17-29-18)22-10-4-19(14-23(22)35-2)5-11-24(33)30-32-13-3-12-26(16-28,25(32)34)20-6-8-21(27)9-7-20/h4-11,14-15,17H,3,12-13H2,1-2H3,(H,30,33). The predicted octanol–water partition coefficient (Wildman–Crippen LogP) is 3.46. The van der Waals surface area contributed by atoms with Gasteiger partial charge in [-0.1, -0.05) is 18.2 Å². The zero-order valence-electron chi connectivity index (χ0n) is 19.4. The van der Waals surface area contributed by atoms with Crippen LogP contribution in [0.2, 0.25) is 0 Å². The van der Waals surface area contributed by atoms with E-state index in [-0.39, 0.29) is 6.54 Å². The second-order valence-electron chi connectivity index (χ2n) is 8.25. The summed E-state index contributed by atoms with van der Waals surface area (Å²) in [7, 11) is 1.56. The fourth-order valence-electron chi connectivity index (χ4n) is 4.12. The minimum atomic E-state index is -1.47. The number of methoxy groups -OCH3 is 1. The molecule has 0 spiro atoms. The molecule has 35 heavy (non-hydrogen) atoms. The Morgan fingerprint density at radius 2 is 2.06 bits per heavy atom. The van der Waals surface area contributed by atoms with E-state index in [2.05, 4.69) is 16.5 Å². The summed E-state index contributed by atoms with van der Waals surface area (Å²) in [6.45, 7) is 2.17. The van der Waals surface area contributed by atoms with Crippen LogP contribution in [0.1, 0.15) is 29.7 Å². The highest BCUT2D eigenvalue weighted by Crippen LogP contribution is 2.34. The Hall–Kier alpha value is -4.45. The SMILES string of the molecule is COc1cc(C=CC(=O)NN2CCCC(C#N)(c3ccc(F)cc3)C2=O)ccc1-n1cnc(C)c1. The number of imidazole rings is 1. The number of hydrazine groups is 1. The van der Waals surface area contributed by atoms with Crippen molar-refractivity contribution in [3.05, 3.63) is 83.7 Å². The molecule has 1 N–H and O–H groups in total. The van der Waals surface area contributed by atoms with Crippen molar-refractivity contribution in [2.75, 3.05) is 13.7 Å². The van der Waals surface area contributed by atoms with E-state index in [0.717, 1.165) is 22.0 Å². The molecule has 9 heteroatoms. The Morgan fingerprint density at radius 3 is 2.71 bits per heavy atom. The second kappa shape index (κ2) is 9.81. The summed E-state index contributed by atoms with van der Waals surface area (Å²) in [6, 6.07) is 12.9. The van der Waals surface area contributed by atoms with Crippen molar-refractivity contribution in [2.45, 2.75) is 25.2 Å². The number of benzene rings is 2. The first-order valence-electron chi connectivity index (χ1n) is 11.0. The maximum atomic E-state index is 13.4. The third-order valence-corrected chi connectivity index (χ3v) is 5.94. The number of nitrogens with one attached hydrogen (secondary N) is 1. The summed E-state index contributed by atoms with van der Waals surface area (Å²) in [5.41, 5.74) is 3.90. The Kier molecular flexibility index (Phi) is 6.64. The van der Waals surface area contributed by atoms with Crippen LogP contribution in [0.5, 0.6) is 5.75 Å². The molecule has 1 saturated heterocycles. The van der Waals surface area contributed by atoms with Gasteiger partial charge in [-0.15, -0.1) is 0 Å². The Bertz CT molecular complexity index is 1330. The van der Waals surface area contributed by atoms with E-state index in [1.165, 1.54) is 30.3 Å². The number of hydrogen-bond acceptors (Lipinski definition) is 5. The number of aryl methyl sites for hydroxylation is 1. The zero-order chi connectivity index (χ0) is 25.0. The van der Waals surface area contributed by atoms with Gasteiger partial charge >= 0.3 is 0 Å². The molecule has 8 nitrogen and oxygen atoms in total. The number of ether oxygens (including phenoxy) is 1. The van der Waals surface area contributed by atoms with Crippen molar-refractivity contribution >= 4 is 17.9 Å². The summed E-state index contributed by atoms with van der Waals surface area (Å²) >= 11 is 0.